The smallest absolute Gasteiger partial charge is 0.257 e. The van der Waals surface area contributed by atoms with Gasteiger partial charge >= 0.3 is 0 Å². The highest BCUT2D eigenvalue weighted by atomic mass is 32.1. The normalized spacial score (nSPS) is 10.5. The molecule has 0 saturated carbocycles. The van der Waals surface area contributed by atoms with Crippen LogP contribution >= 0.6 is 12.2 Å². The van der Waals surface area contributed by atoms with Crippen LogP contribution < -0.4 is 5.32 Å². The van der Waals surface area contributed by atoms with Gasteiger partial charge in [-0.25, -0.2) is 0 Å². The van der Waals surface area contributed by atoms with E-state index in [2.05, 4.69) is 11.9 Å². The maximum Gasteiger partial charge on any atom is 0.257 e. The molecule has 0 aliphatic rings. The topological polar surface area (TPSA) is 21.3 Å². The molecule has 0 rings (SSSR count). The summed E-state index contributed by atoms with van der Waals surface area (Å²) < 4.78 is 5.31. The zero-order valence-electron chi connectivity index (χ0n) is 7.31. The molecule has 0 aliphatic heterocycles. The Balaban J connectivity index is 3.61. The van der Waals surface area contributed by atoms with Crippen LogP contribution in [0, 0.1) is 0 Å². The fourth-order valence-electron chi connectivity index (χ4n) is 0.470. The van der Waals surface area contributed by atoms with Crippen molar-refractivity contribution in [2.45, 2.75) is 26.4 Å². The van der Waals surface area contributed by atoms with Crippen LogP contribution in [-0.2, 0) is 4.74 Å². The van der Waals surface area contributed by atoms with Gasteiger partial charge in [-0.1, -0.05) is 6.08 Å². The number of hydrogen-bond donors (Lipinski definition) is 1. The molecule has 0 saturated heterocycles. The summed E-state index contributed by atoms with van der Waals surface area (Å²) in [6, 6.07) is 0. The first-order valence-corrected chi connectivity index (χ1v) is 3.94. The number of ether oxygens (including phenoxy) is 1. The van der Waals surface area contributed by atoms with Gasteiger partial charge in [-0.2, -0.15) is 0 Å². The lowest BCUT2D eigenvalue weighted by Crippen LogP contribution is -2.32. The third kappa shape index (κ3) is 7.33. The molecule has 0 aliphatic carbocycles. The highest BCUT2D eigenvalue weighted by molar-refractivity contribution is 7.80. The van der Waals surface area contributed by atoms with E-state index >= 15 is 0 Å². The Bertz CT molecular complexity index is 149. The van der Waals surface area contributed by atoms with E-state index in [1.165, 1.54) is 0 Å². The molecule has 0 aromatic heterocycles. The molecule has 11 heavy (non-hydrogen) atoms. The van der Waals surface area contributed by atoms with Crippen LogP contribution in [0.15, 0.2) is 12.7 Å². The maximum atomic E-state index is 5.31. The van der Waals surface area contributed by atoms with Crippen molar-refractivity contribution in [2.24, 2.45) is 0 Å². The molecule has 1 N–H and O–H groups in total. The summed E-state index contributed by atoms with van der Waals surface area (Å²) >= 11 is 4.89. The zero-order chi connectivity index (χ0) is 8.91. The fourth-order valence-corrected chi connectivity index (χ4v) is 0.803. The van der Waals surface area contributed by atoms with Crippen molar-refractivity contribution in [3.63, 3.8) is 0 Å². The average molecular weight is 173 g/mol. The first kappa shape index (κ1) is 10.4. The third-order valence-corrected chi connectivity index (χ3v) is 1.02. The Morgan fingerprint density at radius 3 is 2.55 bits per heavy atom. The third-order valence-electron chi connectivity index (χ3n) is 0.790. The van der Waals surface area contributed by atoms with Gasteiger partial charge in [0.15, 0.2) is 0 Å². The summed E-state index contributed by atoms with van der Waals surface area (Å²) in [6.07, 6.45) is 1.73. The lowest BCUT2D eigenvalue weighted by molar-refractivity contribution is 0.115. The highest BCUT2D eigenvalue weighted by Gasteiger charge is 2.12. The molecule has 0 fully saturated rings. The average Bonchev–Trinajstić information content (AvgIpc) is 1.79. The molecule has 0 aromatic rings. The predicted octanol–water partition coefficient (Wildman–Crippen LogP) is 1.86. The predicted molar refractivity (Wildman–Crippen MR) is 51.6 cm³/mol. The molecule has 3 heteroatoms. The van der Waals surface area contributed by atoms with E-state index in [4.69, 9.17) is 17.0 Å². The summed E-state index contributed by atoms with van der Waals surface area (Å²) in [5, 5.41) is 3.31. The lowest BCUT2D eigenvalue weighted by atomic mass is 10.2. The minimum absolute atomic E-state index is 0.217. The molecule has 2 nitrogen and oxygen atoms in total. The maximum absolute atomic E-state index is 5.31. The molecule has 0 aromatic carbocycles. The van der Waals surface area contributed by atoms with Crippen molar-refractivity contribution in [1.82, 2.24) is 5.32 Å². The van der Waals surface area contributed by atoms with Crippen LogP contribution in [0.2, 0.25) is 0 Å². The molecule has 0 heterocycles. The van der Waals surface area contributed by atoms with Crippen LogP contribution in [0.1, 0.15) is 20.8 Å². The second-order valence-electron chi connectivity index (χ2n) is 3.17. The second kappa shape index (κ2) is 4.34. The summed E-state index contributed by atoms with van der Waals surface area (Å²) in [7, 11) is 0. The molecule has 0 radical (unpaired) electrons. The molecule has 0 unspecified atom stereocenters. The number of thiocarbonyl (C=S) groups is 1. The van der Waals surface area contributed by atoms with Crippen LogP contribution in [0.5, 0.6) is 0 Å². The van der Waals surface area contributed by atoms with Crippen molar-refractivity contribution < 1.29 is 4.74 Å². The van der Waals surface area contributed by atoms with Crippen molar-refractivity contribution in [1.29, 1.82) is 0 Å². The van der Waals surface area contributed by atoms with Gasteiger partial charge in [0.05, 0.1) is 0 Å². The van der Waals surface area contributed by atoms with Crippen molar-refractivity contribution in [3.8, 4) is 0 Å². The first-order chi connectivity index (χ1) is 4.95. The van der Waals surface area contributed by atoms with Gasteiger partial charge in [-0.05, 0) is 33.0 Å². The minimum atomic E-state index is -0.217. The van der Waals surface area contributed by atoms with Crippen LogP contribution in [-0.4, -0.2) is 17.3 Å². The summed E-state index contributed by atoms with van der Waals surface area (Å²) in [5.41, 5.74) is -0.217. The number of rotatable bonds is 2. The van der Waals surface area contributed by atoms with Crippen LogP contribution in [0.25, 0.3) is 0 Å². The Labute approximate surface area is 73.6 Å². The Kier molecular flexibility index (Phi) is 4.11. The highest BCUT2D eigenvalue weighted by Crippen LogP contribution is 2.06. The van der Waals surface area contributed by atoms with Gasteiger partial charge in [0.25, 0.3) is 5.17 Å². The van der Waals surface area contributed by atoms with Gasteiger partial charge in [0.2, 0.25) is 0 Å². The van der Waals surface area contributed by atoms with E-state index in [-0.39, 0.29) is 5.60 Å². The summed E-state index contributed by atoms with van der Waals surface area (Å²) in [4.78, 5) is 0. The minimum Gasteiger partial charge on any atom is -0.465 e. The molecule has 0 spiro atoms. The van der Waals surface area contributed by atoms with Gasteiger partial charge in [-0.3, -0.25) is 0 Å². The molecule has 64 valence electrons. The number of nitrogens with one attached hydrogen (secondary N) is 1. The van der Waals surface area contributed by atoms with Crippen molar-refractivity contribution >= 4 is 17.4 Å². The number of hydrogen-bond acceptors (Lipinski definition) is 2. The van der Waals surface area contributed by atoms with Crippen LogP contribution in [0.4, 0.5) is 0 Å². The van der Waals surface area contributed by atoms with Gasteiger partial charge in [-0.15, -0.1) is 6.58 Å². The first-order valence-electron chi connectivity index (χ1n) is 3.53. The zero-order valence-corrected chi connectivity index (χ0v) is 8.12. The van der Waals surface area contributed by atoms with Gasteiger partial charge < -0.3 is 10.1 Å². The SMILES string of the molecule is C=CCNC(=S)OC(C)(C)C. The summed E-state index contributed by atoms with van der Waals surface area (Å²) in [6.45, 7) is 10.1. The molecular weight excluding hydrogens is 158 g/mol. The van der Waals surface area contributed by atoms with Crippen molar-refractivity contribution in [2.75, 3.05) is 6.54 Å². The lowest BCUT2D eigenvalue weighted by Gasteiger charge is -2.21. The Morgan fingerprint density at radius 1 is 1.64 bits per heavy atom. The molecular formula is C8H15NOS. The molecule has 0 atom stereocenters. The molecule has 0 bridgehead atoms. The van der Waals surface area contributed by atoms with Crippen molar-refractivity contribution in [3.05, 3.63) is 12.7 Å². The Hall–Kier alpha value is -0.570. The van der Waals surface area contributed by atoms with Gasteiger partial charge in [0, 0.05) is 6.54 Å². The van der Waals surface area contributed by atoms with Gasteiger partial charge in [0.1, 0.15) is 5.60 Å². The van der Waals surface area contributed by atoms with E-state index in [1.54, 1.807) is 6.08 Å². The van der Waals surface area contributed by atoms with E-state index in [0.717, 1.165) is 0 Å². The van der Waals surface area contributed by atoms with Crippen LogP contribution in [0.3, 0.4) is 0 Å². The Morgan fingerprint density at radius 2 is 2.18 bits per heavy atom. The second-order valence-corrected chi connectivity index (χ2v) is 3.54. The largest absolute Gasteiger partial charge is 0.465 e. The van der Waals surface area contributed by atoms with E-state index in [9.17, 15) is 0 Å². The van der Waals surface area contributed by atoms with E-state index in [1.807, 2.05) is 20.8 Å². The quantitative estimate of drug-likeness (QED) is 0.509. The summed E-state index contributed by atoms with van der Waals surface area (Å²) in [5.74, 6) is 0. The van der Waals surface area contributed by atoms with E-state index in [0.29, 0.717) is 11.7 Å². The van der Waals surface area contributed by atoms with E-state index < -0.39 is 0 Å². The molecule has 0 amide bonds. The fraction of sp³-hybridized carbons (Fsp3) is 0.625. The standard InChI is InChI=1S/C8H15NOS/c1-5-6-9-7(11)10-8(2,3)4/h5H,1,6H2,2-4H3,(H,9,11). The monoisotopic (exact) mass is 173 g/mol.